The molecule has 0 aliphatic rings. The minimum Gasteiger partial charge on any atom is -0.321 e. The lowest BCUT2D eigenvalue weighted by Gasteiger charge is -2.07. The second-order valence-electron chi connectivity index (χ2n) is 3.84. The highest BCUT2D eigenvalue weighted by molar-refractivity contribution is 7.99. The van der Waals surface area contributed by atoms with Crippen molar-refractivity contribution in [2.24, 2.45) is 0 Å². The Labute approximate surface area is 124 Å². The van der Waals surface area contributed by atoms with E-state index < -0.39 is 5.76 Å². The quantitative estimate of drug-likeness (QED) is 0.813. The lowest BCUT2D eigenvalue weighted by molar-refractivity contribution is 0.102. The van der Waals surface area contributed by atoms with Crippen LogP contribution < -0.4 is 5.32 Å². The normalized spacial score (nSPS) is 10.6. The Balaban J connectivity index is 2.08. The van der Waals surface area contributed by atoms with E-state index in [0.717, 1.165) is 0 Å². The van der Waals surface area contributed by atoms with Gasteiger partial charge in [0.15, 0.2) is 0 Å². The maximum absolute atomic E-state index is 12.2. The molecule has 20 heavy (non-hydrogen) atoms. The first-order valence-electron chi connectivity index (χ1n) is 5.67. The van der Waals surface area contributed by atoms with Crippen molar-refractivity contribution < 1.29 is 13.6 Å². The van der Waals surface area contributed by atoms with E-state index in [-0.39, 0.29) is 5.91 Å². The largest absolute Gasteiger partial charge is 0.321 e. The van der Waals surface area contributed by atoms with E-state index in [1.54, 1.807) is 24.3 Å². The van der Waals surface area contributed by atoms with Crippen LogP contribution in [-0.4, -0.2) is 11.7 Å². The second-order valence-corrected chi connectivity index (χ2v) is 5.31. The van der Waals surface area contributed by atoms with Gasteiger partial charge in [-0.25, -0.2) is 0 Å². The zero-order valence-electron chi connectivity index (χ0n) is 10.1. The van der Waals surface area contributed by atoms with E-state index in [2.05, 4.69) is 5.32 Å². The summed E-state index contributed by atoms with van der Waals surface area (Å²) < 4.78 is 24.4. The number of para-hydroxylation sites is 1. The zero-order valence-corrected chi connectivity index (χ0v) is 11.7. The number of nitrogens with one attached hydrogen (secondary N) is 1. The summed E-state index contributed by atoms with van der Waals surface area (Å²) >= 11 is 6.38. The van der Waals surface area contributed by atoms with Gasteiger partial charge in [0.1, 0.15) is 0 Å². The van der Waals surface area contributed by atoms with Crippen molar-refractivity contribution in [2.75, 3.05) is 5.32 Å². The van der Waals surface area contributed by atoms with Gasteiger partial charge in [-0.2, -0.15) is 8.78 Å². The number of hydrogen-bond donors (Lipinski definition) is 1. The molecule has 0 unspecified atom stereocenters. The molecule has 2 nitrogen and oxygen atoms in total. The van der Waals surface area contributed by atoms with Crippen molar-refractivity contribution in [2.45, 2.75) is 10.7 Å². The molecular weight excluding hydrogens is 304 g/mol. The van der Waals surface area contributed by atoms with Crippen LogP contribution in [0.4, 0.5) is 14.5 Å². The number of thioether (sulfide) groups is 1. The van der Waals surface area contributed by atoms with Gasteiger partial charge in [-0.05, 0) is 36.4 Å². The van der Waals surface area contributed by atoms with Gasteiger partial charge >= 0.3 is 0 Å². The van der Waals surface area contributed by atoms with Crippen molar-refractivity contribution >= 4 is 35.0 Å². The Hall–Kier alpha value is -1.59. The Kier molecular flexibility index (Phi) is 4.98. The van der Waals surface area contributed by atoms with E-state index in [4.69, 9.17) is 11.6 Å². The summed E-state index contributed by atoms with van der Waals surface area (Å²) in [7, 11) is 0. The molecule has 0 spiro atoms. The third-order valence-corrected chi connectivity index (χ3v) is 3.52. The average Bonchev–Trinajstić information content (AvgIpc) is 2.41. The summed E-state index contributed by atoms with van der Waals surface area (Å²) in [5, 5.41) is 3.10. The van der Waals surface area contributed by atoms with Crippen molar-refractivity contribution in [3.63, 3.8) is 0 Å². The molecule has 0 radical (unpaired) electrons. The molecule has 2 aromatic rings. The number of carbonyl (C=O) groups is 1. The van der Waals surface area contributed by atoms with Crippen molar-refractivity contribution in [1.29, 1.82) is 0 Å². The molecule has 2 aromatic carbocycles. The van der Waals surface area contributed by atoms with Gasteiger partial charge in [-0.3, -0.25) is 4.79 Å². The first-order chi connectivity index (χ1) is 9.56. The fourth-order valence-electron chi connectivity index (χ4n) is 1.54. The summed E-state index contributed by atoms with van der Waals surface area (Å²) in [5.74, 6) is -2.82. The predicted octanol–water partition coefficient (Wildman–Crippen LogP) is 4.91. The minimum atomic E-state index is -2.47. The molecule has 0 bridgehead atoms. The average molecular weight is 314 g/mol. The van der Waals surface area contributed by atoms with Crippen molar-refractivity contribution in [3.8, 4) is 0 Å². The monoisotopic (exact) mass is 313 g/mol. The standard InChI is InChI=1S/C14H10ClF2NOS/c15-11-3-1-2-4-12(11)18-13(19)9-5-7-10(8-6-9)20-14(16)17/h1-8,14H,(H,18,19). The molecule has 104 valence electrons. The van der Waals surface area contributed by atoms with Crippen LogP contribution in [0.2, 0.25) is 5.02 Å². The number of benzene rings is 2. The third-order valence-electron chi connectivity index (χ3n) is 2.46. The van der Waals surface area contributed by atoms with E-state index in [1.807, 2.05) is 0 Å². The van der Waals surface area contributed by atoms with Gasteiger partial charge < -0.3 is 5.32 Å². The highest BCUT2D eigenvalue weighted by Gasteiger charge is 2.09. The fourth-order valence-corrected chi connectivity index (χ4v) is 2.23. The smallest absolute Gasteiger partial charge is 0.288 e. The predicted molar refractivity (Wildman–Crippen MR) is 77.7 cm³/mol. The Morgan fingerprint density at radius 1 is 1.10 bits per heavy atom. The molecule has 1 N–H and O–H groups in total. The molecule has 0 heterocycles. The van der Waals surface area contributed by atoms with Crippen LogP contribution in [0, 0.1) is 0 Å². The number of halogens is 3. The lowest BCUT2D eigenvalue weighted by Crippen LogP contribution is -2.11. The summed E-state index contributed by atoms with van der Waals surface area (Å²) in [5.41, 5.74) is 0.883. The Morgan fingerprint density at radius 3 is 2.35 bits per heavy atom. The molecular formula is C14H10ClF2NOS. The van der Waals surface area contributed by atoms with Crippen LogP contribution in [0.15, 0.2) is 53.4 Å². The van der Waals surface area contributed by atoms with E-state index in [9.17, 15) is 13.6 Å². The minimum absolute atomic E-state index is 0.341. The van der Waals surface area contributed by atoms with Crippen LogP contribution in [0.3, 0.4) is 0 Å². The summed E-state index contributed by atoms with van der Waals surface area (Å²) in [6.45, 7) is 0. The van der Waals surface area contributed by atoms with Gasteiger partial charge in [0, 0.05) is 10.5 Å². The van der Waals surface area contributed by atoms with Crippen LogP contribution in [0.5, 0.6) is 0 Å². The van der Waals surface area contributed by atoms with Crippen LogP contribution >= 0.6 is 23.4 Å². The number of hydrogen-bond acceptors (Lipinski definition) is 2. The third kappa shape index (κ3) is 3.95. The molecule has 0 aliphatic heterocycles. The summed E-state index contributed by atoms with van der Waals surface area (Å²) in [6, 6.07) is 12.8. The Bertz CT molecular complexity index is 604. The maximum Gasteiger partial charge on any atom is 0.288 e. The summed E-state index contributed by atoms with van der Waals surface area (Å²) in [4.78, 5) is 12.4. The molecule has 0 fully saturated rings. The fraction of sp³-hybridized carbons (Fsp3) is 0.0714. The molecule has 1 amide bonds. The van der Waals surface area contributed by atoms with Gasteiger partial charge in [0.2, 0.25) is 0 Å². The van der Waals surface area contributed by atoms with E-state index in [0.29, 0.717) is 32.9 Å². The van der Waals surface area contributed by atoms with E-state index in [1.165, 1.54) is 24.3 Å². The highest BCUT2D eigenvalue weighted by Crippen LogP contribution is 2.26. The van der Waals surface area contributed by atoms with Gasteiger partial charge in [0.25, 0.3) is 11.7 Å². The zero-order chi connectivity index (χ0) is 14.5. The molecule has 0 aromatic heterocycles. The number of anilines is 1. The topological polar surface area (TPSA) is 29.1 Å². The molecule has 6 heteroatoms. The second kappa shape index (κ2) is 6.72. The van der Waals surface area contributed by atoms with E-state index >= 15 is 0 Å². The van der Waals surface area contributed by atoms with Gasteiger partial charge in [0.05, 0.1) is 10.7 Å². The number of rotatable bonds is 4. The SMILES string of the molecule is O=C(Nc1ccccc1Cl)c1ccc(SC(F)F)cc1. The van der Waals surface area contributed by atoms with Crippen molar-refractivity contribution in [3.05, 3.63) is 59.1 Å². The molecule has 0 saturated carbocycles. The van der Waals surface area contributed by atoms with Crippen molar-refractivity contribution in [1.82, 2.24) is 0 Å². The van der Waals surface area contributed by atoms with Crippen LogP contribution in [0.1, 0.15) is 10.4 Å². The summed E-state index contributed by atoms with van der Waals surface area (Å²) in [6.07, 6.45) is 0. The molecule has 0 atom stereocenters. The maximum atomic E-state index is 12.2. The van der Waals surface area contributed by atoms with Crippen LogP contribution in [-0.2, 0) is 0 Å². The first kappa shape index (κ1) is 14.8. The number of alkyl halides is 2. The highest BCUT2D eigenvalue weighted by atomic mass is 35.5. The number of amides is 1. The lowest BCUT2D eigenvalue weighted by atomic mass is 10.2. The molecule has 2 rings (SSSR count). The first-order valence-corrected chi connectivity index (χ1v) is 6.93. The molecule has 0 aliphatic carbocycles. The Morgan fingerprint density at radius 2 is 1.75 bits per heavy atom. The van der Waals surface area contributed by atoms with Gasteiger partial charge in [-0.1, -0.05) is 35.5 Å². The molecule has 0 saturated heterocycles. The van der Waals surface area contributed by atoms with Crippen LogP contribution in [0.25, 0.3) is 0 Å². The van der Waals surface area contributed by atoms with Gasteiger partial charge in [-0.15, -0.1) is 0 Å². The number of carbonyl (C=O) groups excluding carboxylic acids is 1.